The molecule has 2 aromatic rings. The molecule has 0 fully saturated rings. The molecule has 0 bridgehead atoms. The van der Waals surface area contributed by atoms with Crippen molar-refractivity contribution >= 4 is 5.82 Å². The molecular formula is C15H20N4. The van der Waals surface area contributed by atoms with Gasteiger partial charge in [-0.05, 0) is 26.3 Å². The molecule has 1 heterocycles. The van der Waals surface area contributed by atoms with Crippen LogP contribution in [0.15, 0.2) is 36.5 Å². The highest BCUT2D eigenvalue weighted by Crippen LogP contribution is 2.24. The Bertz CT molecular complexity index is 553. The smallest absolute Gasteiger partial charge is 0.145 e. The van der Waals surface area contributed by atoms with Crippen LogP contribution in [0, 0.1) is 13.8 Å². The van der Waals surface area contributed by atoms with E-state index in [4.69, 9.17) is 5.73 Å². The maximum Gasteiger partial charge on any atom is 0.145 e. The summed E-state index contributed by atoms with van der Waals surface area (Å²) >= 11 is 0. The Labute approximate surface area is 114 Å². The molecule has 0 radical (unpaired) electrons. The third-order valence-corrected chi connectivity index (χ3v) is 3.42. The molecule has 4 heteroatoms. The van der Waals surface area contributed by atoms with E-state index >= 15 is 0 Å². The normalized spacial score (nSPS) is 13.9. The Morgan fingerprint density at radius 3 is 2.42 bits per heavy atom. The van der Waals surface area contributed by atoms with Crippen molar-refractivity contribution in [2.45, 2.75) is 26.3 Å². The summed E-state index contributed by atoms with van der Waals surface area (Å²) in [6.07, 6.45) is 1.75. The molecule has 19 heavy (non-hydrogen) atoms. The van der Waals surface area contributed by atoms with Crippen molar-refractivity contribution in [3.8, 4) is 0 Å². The van der Waals surface area contributed by atoms with Crippen LogP contribution >= 0.6 is 0 Å². The van der Waals surface area contributed by atoms with Crippen LogP contribution in [0.4, 0.5) is 5.82 Å². The summed E-state index contributed by atoms with van der Waals surface area (Å²) < 4.78 is 0. The highest BCUT2D eigenvalue weighted by Gasteiger charge is 2.25. The van der Waals surface area contributed by atoms with Gasteiger partial charge in [0.05, 0.1) is 23.1 Å². The van der Waals surface area contributed by atoms with E-state index < -0.39 is 0 Å². The van der Waals surface area contributed by atoms with E-state index in [1.807, 2.05) is 32.0 Å². The molecule has 0 saturated carbocycles. The summed E-state index contributed by atoms with van der Waals surface area (Å²) in [6.45, 7) is 6.45. The van der Waals surface area contributed by atoms with E-state index in [9.17, 15) is 0 Å². The number of hydrogen-bond donors (Lipinski definition) is 2. The standard InChI is InChI=1S/C15H20N4/c1-11-12(2)18-14(9-17-11)19-15(3,10-16)13-7-5-4-6-8-13/h4-9H,10,16H2,1-3H3,(H,18,19). The first-order valence-corrected chi connectivity index (χ1v) is 6.39. The number of benzene rings is 1. The summed E-state index contributed by atoms with van der Waals surface area (Å²) in [5.74, 6) is 0.750. The first kappa shape index (κ1) is 13.5. The third-order valence-electron chi connectivity index (χ3n) is 3.42. The topological polar surface area (TPSA) is 63.8 Å². The fourth-order valence-corrected chi connectivity index (χ4v) is 1.93. The van der Waals surface area contributed by atoms with Gasteiger partial charge in [0.15, 0.2) is 0 Å². The summed E-state index contributed by atoms with van der Waals surface area (Å²) in [7, 11) is 0. The lowest BCUT2D eigenvalue weighted by molar-refractivity contribution is 0.553. The van der Waals surface area contributed by atoms with Crippen molar-refractivity contribution in [1.82, 2.24) is 9.97 Å². The molecule has 1 aromatic heterocycles. The molecule has 0 aliphatic heterocycles. The zero-order valence-corrected chi connectivity index (χ0v) is 11.6. The second kappa shape index (κ2) is 5.36. The molecule has 0 saturated heterocycles. The van der Waals surface area contributed by atoms with E-state index in [-0.39, 0.29) is 5.54 Å². The molecular weight excluding hydrogens is 236 g/mol. The molecule has 0 aliphatic carbocycles. The molecule has 1 atom stereocenters. The Balaban J connectivity index is 2.30. The molecule has 0 amide bonds. The van der Waals surface area contributed by atoms with Crippen molar-refractivity contribution in [3.63, 3.8) is 0 Å². The number of hydrogen-bond acceptors (Lipinski definition) is 4. The lowest BCUT2D eigenvalue weighted by Gasteiger charge is -2.30. The first-order chi connectivity index (χ1) is 9.05. The van der Waals surface area contributed by atoms with Gasteiger partial charge in [0.2, 0.25) is 0 Å². The molecule has 1 unspecified atom stereocenters. The van der Waals surface area contributed by atoms with Crippen LogP contribution < -0.4 is 11.1 Å². The molecule has 100 valence electrons. The van der Waals surface area contributed by atoms with Crippen LogP contribution in [-0.4, -0.2) is 16.5 Å². The van der Waals surface area contributed by atoms with Gasteiger partial charge in [0.25, 0.3) is 0 Å². The largest absolute Gasteiger partial charge is 0.358 e. The molecule has 3 N–H and O–H groups in total. The molecule has 2 rings (SSSR count). The van der Waals surface area contributed by atoms with Crippen LogP contribution in [0.1, 0.15) is 23.9 Å². The Hall–Kier alpha value is -1.94. The maximum absolute atomic E-state index is 5.94. The fourth-order valence-electron chi connectivity index (χ4n) is 1.93. The number of aromatic nitrogens is 2. The van der Waals surface area contributed by atoms with Gasteiger partial charge in [-0.1, -0.05) is 30.3 Å². The Morgan fingerprint density at radius 1 is 1.16 bits per heavy atom. The van der Waals surface area contributed by atoms with Crippen LogP contribution in [0.5, 0.6) is 0 Å². The summed E-state index contributed by atoms with van der Waals surface area (Å²) in [5.41, 5.74) is 8.60. The average molecular weight is 256 g/mol. The zero-order valence-electron chi connectivity index (χ0n) is 11.6. The second-order valence-corrected chi connectivity index (χ2v) is 4.95. The van der Waals surface area contributed by atoms with Crippen LogP contribution in [-0.2, 0) is 5.54 Å². The van der Waals surface area contributed by atoms with Gasteiger partial charge in [0, 0.05) is 6.54 Å². The minimum atomic E-state index is -0.350. The van der Waals surface area contributed by atoms with Gasteiger partial charge in [-0.15, -0.1) is 0 Å². The summed E-state index contributed by atoms with van der Waals surface area (Å²) in [6, 6.07) is 10.1. The number of anilines is 1. The number of nitrogens with one attached hydrogen (secondary N) is 1. The quantitative estimate of drug-likeness (QED) is 0.881. The van der Waals surface area contributed by atoms with Crippen LogP contribution in [0.2, 0.25) is 0 Å². The third kappa shape index (κ3) is 2.90. The Kier molecular flexibility index (Phi) is 3.81. The molecule has 1 aromatic carbocycles. The Morgan fingerprint density at radius 2 is 1.84 bits per heavy atom. The van der Waals surface area contributed by atoms with Gasteiger partial charge >= 0.3 is 0 Å². The highest BCUT2D eigenvalue weighted by molar-refractivity contribution is 5.41. The average Bonchev–Trinajstić information content (AvgIpc) is 2.44. The summed E-state index contributed by atoms with van der Waals surface area (Å²) in [5, 5.41) is 3.39. The van der Waals surface area contributed by atoms with Crippen molar-refractivity contribution in [1.29, 1.82) is 0 Å². The number of aryl methyl sites for hydroxylation is 2. The van der Waals surface area contributed by atoms with E-state index in [2.05, 4.69) is 34.3 Å². The maximum atomic E-state index is 5.94. The second-order valence-electron chi connectivity index (χ2n) is 4.95. The number of nitrogens with zero attached hydrogens (tertiary/aromatic N) is 2. The first-order valence-electron chi connectivity index (χ1n) is 6.39. The number of rotatable bonds is 4. The van der Waals surface area contributed by atoms with Crippen molar-refractivity contribution in [3.05, 3.63) is 53.5 Å². The van der Waals surface area contributed by atoms with Gasteiger partial charge in [-0.2, -0.15) is 0 Å². The molecule has 4 nitrogen and oxygen atoms in total. The van der Waals surface area contributed by atoms with Crippen molar-refractivity contribution in [2.75, 3.05) is 11.9 Å². The predicted molar refractivity (Wildman–Crippen MR) is 78.0 cm³/mol. The van der Waals surface area contributed by atoms with Gasteiger partial charge < -0.3 is 11.1 Å². The van der Waals surface area contributed by atoms with Gasteiger partial charge in [0.1, 0.15) is 5.82 Å². The summed E-state index contributed by atoms with van der Waals surface area (Å²) in [4.78, 5) is 8.83. The van der Waals surface area contributed by atoms with Gasteiger partial charge in [-0.3, -0.25) is 4.98 Å². The minimum Gasteiger partial charge on any atom is -0.358 e. The molecule has 0 aliphatic rings. The van der Waals surface area contributed by atoms with E-state index in [0.29, 0.717) is 6.54 Å². The van der Waals surface area contributed by atoms with Crippen LogP contribution in [0.25, 0.3) is 0 Å². The van der Waals surface area contributed by atoms with Crippen molar-refractivity contribution < 1.29 is 0 Å². The highest BCUT2D eigenvalue weighted by atomic mass is 15.1. The fraction of sp³-hybridized carbons (Fsp3) is 0.333. The monoisotopic (exact) mass is 256 g/mol. The number of nitrogens with two attached hydrogens (primary N) is 1. The SMILES string of the molecule is Cc1ncc(NC(C)(CN)c2ccccc2)nc1C. The lowest BCUT2D eigenvalue weighted by Crippen LogP contribution is -2.40. The van der Waals surface area contributed by atoms with Crippen LogP contribution in [0.3, 0.4) is 0 Å². The lowest BCUT2D eigenvalue weighted by atomic mass is 9.92. The van der Waals surface area contributed by atoms with E-state index in [1.165, 1.54) is 0 Å². The predicted octanol–water partition coefficient (Wildman–Crippen LogP) is 2.38. The van der Waals surface area contributed by atoms with E-state index in [0.717, 1.165) is 22.8 Å². The zero-order chi connectivity index (χ0) is 13.9. The minimum absolute atomic E-state index is 0.350. The van der Waals surface area contributed by atoms with Crippen molar-refractivity contribution in [2.24, 2.45) is 5.73 Å². The molecule has 0 spiro atoms. The van der Waals surface area contributed by atoms with Gasteiger partial charge in [-0.25, -0.2) is 4.98 Å². The van der Waals surface area contributed by atoms with E-state index in [1.54, 1.807) is 6.20 Å².